The molecule has 0 fully saturated rings. The summed E-state index contributed by atoms with van der Waals surface area (Å²) in [6, 6.07) is 8.09. The van der Waals surface area contributed by atoms with Crippen molar-refractivity contribution in [3.63, 3.8) is 0 Å². The highest BCUT2D eigenvalue weighted by atomic mass is 16.3. The van der Waals surface area contributed by atoms with Crippen LogP contribution >= 0.6 is 0 Å². The third-order valence-corrected chi connectivity index (χ3v) is 3.36. The Bertz CT molecular complexity index is 740. The van der Waals surface area contributed by atoms with Crippen LogP contribution in [0.25, 0.3) is 11.5 Å². The van der Waals surface area contributed by atoms with Gasteiger partial charge in [-0.2, -0.15) is 0 Å². The fourth-order valence-electron chi connectivity index (χ4n) is 2.32. The molecule has 3 rings (SSSR count). The summed E-state index contributed by atoms with van der Waals surface area (Å²) in [6.07, 6.45) is 3.74. The SMILES string of the molecule is Cc1cn(Cc2coc(-c3ccccc3C)n2)c(C)n1. The van der Waals surface area contributed by atoms with Crippen molar-refractivity contribution in [3.05, 3.63) is 59.5 Å². The molecule has 20 heavy (non-hydrogen) atoms. The highest BCUT2D eigenvalue weighted by Gasteiger charge is 2.10. The van der Waals surface area contributed by atoms with Crippen LogP contribution in [0.1, 0.15) is 22.8 Å². The van der Waals surface area contributed by atoms with E-state index in [2.05, 4.69) is 27.5 Å². The summed E-state index contributed by atoms with van der Waals surface area (Å²) < 4.78 is 7.68. The fraction of sp³-hybridized carbons (Fsp3) is 0.250. The third kappa shape index (κ3) is 2.37. The molecular formula is C16H17N3O. The lowest BCUT2D eigenvalue weighted by atomic mass is 10.1. The van der Waals surface area contributed by atoms with Gasteiger partial charge in [0, 0.05) is 11.8 Å². The van der Waals surface area contributed by atoms with Crippen molar-refractivity contribution in [3.8, 4) is 11.5 Å². The molecule has 0 unspecified atom stereocenters. The van der Waals surface area contributed by atoms with Crippen LogP contribution in [0, 0.1) is 20.8 Å². The van der Waals surface area contributed by atoms with Gasteiger partial charge in [0.1, 0.15) is 12.1 Å². The quantitative estimate of drug-likeness (QED) is 0.729. The minimum atomic E-state index is 0.674. The molecule has 0 radical (unpaired) electrons. The average molecular weight is 267 g/mol. The maximum absolute atomic E-state index is 5.61. The Morgan fingerprint density at radius 3 is 2.60 bits per heavy atom. The van der Waals surface area contributed by atoms with Crippen LogP contribution in [0.3, 0.4) is 0 Å². The molecule has 0 saturated heterocycles. The van der Waals surface area contributed by atoms with Crippen molar-refractivity contribution in [2.24, 2.45) is 0 Å². The predicted octanol–water partition coefficient (Wildman–Crippen LogP) is 3.51. The van der Waals surface area contributed by atoms with Crippen LogP contribution < -0.4 is 0 Å². The Labute approximate surface area is 118 Å². The number of aromatic nitrogens is 3. The van der Waals surface area contributed by atoms with Crippen LogP contribution in [0.15, 0.2) is 41.1 Å². The maximum Gasteiger partial charge on any atom is 0.226 e. The van der Waals surface area contributed by atoms with Crippen molar-refractivity contribution in [1.82, 2.24) is 14.5 Å². The van der Waals surface area contributed by atoms with Gasteiger partial charge in [0.05, 0.1) is 17.9 Å². The molecule has 2 heterocycles. The second-order valence-electron chi connectivity index (χ2n) is 5.02. The van der Waals surface area contributed by atoms with Gasteiger partial charge < -0.3 is 8.98 Å². The lowest BCUT2D eigenvalue weighted by Gasteiger charge is -2.01. The Morgan fingerprint density at radius 2 is 1.90 bits per heavy atom. The smallest absolute Gasteiger partial charge is 0.226 e. The average Bonchev–Trinajstić information content (AvgIpc) is 2.98. The van der Waals surface area contributed by atoms with Gasteiger partial charge >= 0.3 is 0 Å². The van der Waals surface area contributed by atoms with E-state index in [9.17, 15) is 0 Å². The van der Waals surface area contributed by atoms with E-state index in [1.807, 2.05) is 38.2 Å². The highest BCUT2D eigenvalue weighted by molar-refractivity contribution is 5.58. The molecule has 0 spiro atoms. The molecule has 102 valence electrons. The molecule has 4 heteroatoms. The van der Waals surface area contributed by atoms with Crippen molar-refractivity contribution in [2.75, 3.05) is 0 Å². The third-order valence-electron chi connectivity index (χ3n) is 3.36. The summed E-state index contributed by atoms with van der Waals surface area (Å²) in [5, 5.41) is 0. The zero-order valence-electron chi connectivity index (χ0n) is 11.9. The van der Waals surface area contributed by atoms with Gasteiger partial charge in [-0.15, -0.1) is 0 Å². The summed E-state index contributed by atoms with van der Waals surface area (Å²) in [5.41, 5.74) is 4.13. The molecule has 0 bridgehead atoms. The Balaban J connectivity index is 1.88. The highest BCUT2D eigenvalue weighted by Crippen LogP contribution is 2.22. The van der Waals surface area contributed by atoms with Crippen LogP contribution in [0.5, 0.6) is 0 Å². The van der Waals surface area contributed by atoms with Crippen molar-refractivity contribution < 1.29 is 4.42 Å². The number of imidazole rings is 1. The molecule has 0 aliphatic rings. The van der Waals surface area contributed by atoms with Gasteiger partial charge in [-0.3, -0.25) is 0 Å². The lowest BCUT2D eigenvalue weighted by molar-refractivity contribution is 0.570. The normalized spacial score (nSPS) is 10.9. The van der Waals surface area contributed by atoms with Crippen LogP contribution in [-0.4, -0.2) is 14.5 Å². The van der Waals surface area contributed by atoms with Gasteiger partial charge in [-0.25, -0.2) is 9.97 Å². The van der Waals surface area contributed by atoms with E-state index in [-0.39, 0.29) is 0 Å². The number of oxazole rings is 1. The Kier molecular flexibility index (Phi) is 3.14. The predicted molar refractivity (Wildman–Crippen MR) is 77.5 cm³/mol. The molecule has 0 aliphatic heterocycles. The first-order valence-corrected chi connectivity index (χ1v) is 6.64. The van der Waals surface area contributed by atoms with Gasteiger partial charge in [0.25, 0.3) is 0 Å². The summed E-state index contributed by atoms with van der Waals surface area (Å²) in [4.78, 5) is 8.96. The van der Waals surface area contributed by atoms with Gasteiger partial charge in [0.2, 0.25) is 5.89 Å². The first kappa shape index (κ1) is 12.7. The number of rotatable bonds is 3. The summed E-state index contributed by atoms with van der Waals surface area (Å²) >= 11 is 0. The van der Waals surface area contributed by atoms with Crippen LogP contribution in [0.2, 0.25) is 0 Å². The topological polar surface area (TPSA) is 43.9 Å². The van der Waals surface area contributed by atoms with Gasteiger partial charge in [0.15, 0.2) is 0 Å². The van der Waals surface area contributed by atoms with E-state index in [1.54, 1.807) is 6.26 Å². The minimum Gasteiger partial charge on any atom is -0.444 e. The monoisotopic (exact) mass is 267 g/mol. The van der Waals surface area contributed by atoms with Crippen molar-refractivity contribution >= 4 is 0 Å². The fourth-order valence-corrected chi connectivity index (χ4v) is 2.32. The van der Waals surface area contributed by atoms with Gasteiger partial charge in [-0.1, -0.05) is 18.2 Å². The molecular weight excluding hydrogens is 250 g/mol. The molecule has 0 saturated carbocycles. The van der Waals surface area contributed by atoms with E-state index in [4.69, 9.17) is 4.42 Å². The summed E-state index contributed by atoms with van der Waals surface area (Å²) in [7, 11) is 0. The van der Waals surface area contributed by atoms with Gasteiger partial charge in [-0.05, 0) is 32.4 Å². The number of nitrogens with zero attached hydrogens (tertiary/aromatic N) is 3. The standard InChI is InChI=1S/C16H17N3O/c1-11-6-4-5-7-15(11)16-18-14(10-20-16)9-19-8-12(2)17-13(19)3/h4-8,10H,9H2,1-3H3. The number of hydrogen-bond acceptors (Lipinski definition) is 3. The Morgan fingerprint density at radius 1 is 1.10 bits per heavy atom. The Hall–Kier alpha value is -2.36. The zero-order chi connectivity index (χ0) is 14.1. The van der Waals surface area contributed by atoms with E-state index in [1.165, 1.54) is 0 Å². The molecule has 2 aromatic heterocycles. The van der Waals surface area contributed by atoms with Crippen LogP contribution in [-0.2, 0) is 6.54 Å². The molecule has 0 atom stereocenters. The minimum absolute atomic E-state index is 0.674. The van der Waals surface area contributed by atoms with Crippen molar-refractivity contribution in [1.29, 1.82) is 0 Å². The van der Waals surface area contributed by atoms with Crippen LogP contribution in [0.4, 0.5) is 0 Å². The zero-order valence-corrected chi connectivity index (χ0v) is 11.9. The van der Waals surface area contributed by atoms with E-state index in [0.29, 0.717) is 12.4 Å². The lowest BCUT2D eigenvalue weighted by Crippen LogP contribution is -2.00. The van der Waals surface area contributed by atoms with Crippen molar-refractivity contribution in [2.45, 2.75) is 27.3 Å². The molecule has 1 aromatic carbocycles. The second-order valence-corrected chi connectivity index (χ2v) is 5.02. The van der Waals surface area contributed by atoms with E-state index in [0.717, 1.165) is 28.3 Å². The number of aryl methyl sites for hydroxylation is 3. The summed E-state index contributed by atoms with van der Waals surface area (Å²) in [5.74, 6) is 1.66. The first-order chi connectivity index (χ1) is 9.63. The number of hydrogen-bond donors (Lipinski definition) is 0. The first-order valence-electron chi connectivity index (χ1n) is 6.64. The summed E-state index contributed by atoms with van der Waals surface area (Å²) in [6.45, 7) is 6.73. The largest absolute Gasteiger partial charge is 0.444 e. The molecule has 0 amide bonds. The molecule has 0 aliphatic carbocycles. The molecule has 4 nitrogen and oxygen atoms in total. The van der Waals surface area contributed by atoms with E-state index < -0.39 is 0 Å². The number of benzene rings is 1. The van der Waals surface area contributed by atoms with E-state index >= 15 is 0 Å². The molecule has 3 aromatic rings. The molecule has 0 N–H and O–H groups in total. The maximum atomic E-state index is 5.61. The second kappa shape index (κ2) is 4.96.